The van der Waals surface area contributed by atoms with E-state index in [2.05, 4.69) is 4.90 Å². The quantitative estimate of drug-likeness (QED) is 0.694. The Bertz CT molecular complexity index is 128. The summed E-state index contributed by atoms with van der Waals surface area (Å²) in [5.74, 6) is 0. The Morgan fingerprint density at radius 3 is 2.14 bits per heavy atom. The van der Waals surface area contributed by atoms with Crippen LogP contribution in [0.1, 0.15) is 38.5 Å². The van der Waals surface area contributed by atoms with E-state index in [4.69, 9.17) is 0 Å². The van der Waals surface area contributed by atoms with Crippen molar-refractivity contribution in [3.8, 4) is 0 Å². The molecule has 2 heteroatoms. The first kappa shape index (κ1) is 10.4. The molecule has 0 bridgehead atoms. The molecule has 0 unspecified atom stereocenters. The Balaban J connectivity index is 1.60. The molecule has 0 aliphatic carbocycles. The number of hydrogen-bond donors (Lipinski definition) is 1. The van der Waals surface area contributed by atoms with Crippen molar-refractivity contribution in [1.29, 1.82) is 0 Å². The van der Waals surface area contributed by atoms with Crippen molar-refractivity contribution in [2.75, 3.05) is 39.3 Å². The second-order valence-electron chi connectivity index (χ2n) is 4.96. The van der Waals surface area contributed by atoms with E-state index in [1.807, 2.05) is 4.90 Å². The zero-order chi connectivity index (χ0) is 9.64. The van der Waals surface area contributed by atoms with Gasteiger partial charge in [0.2, 0.25) is 0 Å². The molecule has 1 N–H and O–H groups in total. The number of rotatable bonds is 3. The van der Waals surface area contributed by atoms with Gasteiger partial charge in [-0.2, -0.15) is 0 Å². The van der Waals surface area contributed by atoms with Crippen LogP contribution < -0.4 is 4.90 Å². The van der Waals surface area contributed by atoms with Gasteiger partial charge in [0.1, 0.15) is 0 Å². The maximum atomic E-state index is 2.67. The lowest BCUT2D eigenvalue weighted by atomic mass is 10.1. The molecule has 2 nitrogen and oxygen atoms in total. The predicted octanol–water partition coefficient (Wildman–Crippen LogP) is 0.541. The van der Waals surface area contributed by atoms with Crippen molar-refractivity contribution in [3.05, 3.63) is 0 Å². The first-order valence-corrected chi connectivity index (χ1v) is 6.51. The summed E-state index contributed by atoms with van der Waals surface area (Å²) in [4.78, 5) is 4.53. The monoisotopic (exact) mass is 197 g/mol. The van der Waals surface area contributed by atoms with Gasteiger partial charge in [-0.05, 0) is 45.2 Å². The first-order valence-electron chi connectivity index (χ1n) is 6.51. The van der Waals surface area contributed by atoms with Crippen LogP contribution >= 0.6 is 0 Å². The second kappa shape index (κ2) is 5.72. The number of hydrogen-bond acceptors (Lipinski definition) is 1. The fourth-order valence-corrected chi connectivity index (χ4v) is 2.80. The lowest BCUT2D eigenvalue weighted by molar-refractivity contribution is -0.904. The van der Waals surface area contributed by atoms with Crippen LogP contribution in [0.5, 0.6) is 0 Å². The van der Waals surface area contributed by atoms with Gasteiger partial charge in [0.05, 0.1) is 19.6 Å². The topological polar surface area (TPSA) is 7.68 Å². The van der Waals surface area contributed by atoms with E-state index in [-0.39, 0.29) is 0 Å². The molecule has 0 atom stereocenters. The van der Waals surface area contributed by atoms with Crippen LogP contribution in [0.15, 0.2) is 0 Å². The summed E-state index contributed by atoms with van der Waals surface area (Å²) in [6, 6.07) is 0. The number of nitrogens with one attached hydrogen (secondary N) is 1. The Morgan fingerprint density at radius 2 is 1.43 bits per heavy atom. The number of nitrogens with zero attached hydrogens (tertiary/aromatic N) is 1. The molecular weight excluding hydrogens is 172 g/mol. The maximum absolute atomic E-state index is 2.67. The van der Waals surface area contributed by atoms with Crippen molar-refractivity contribution >= 4 is 0 Å². The molecule has 2 heterocycles. The van der Waals surface area contributed by atoms with Crippen molar-refractivity contribution in [2.45, 2.75) is 38.5 Å². The minimum atomic E-state index is 1.36. The van der Waals surface area contributed by atoms with Crippen molar-refractivity contribution < 1.29 is 4.90 Å². The van der Waals surface area contributed by atoms with E-state index < -0.39 is 0 Å². The average Bonchev–Trinajstić information content (AvgIpc) is 2.29. The molecule has 0 aromatic carbocycles. The molecule has 2 aliphatic heterocycles. The summed E-state index contributed by atoms with van der Waals surface area (Å²) in [6.07, 6.45) is 8.76. The van der Waals surface area contributed by atoms with Gasteiger partial charge in [0, 0.05) is 6.54 Å². The minimum absolute atomic E-state index is 1.36. The van der Waals surface area contributed by atoms with Crippen molar-refractivity contribution in [1.82, 2.24) is 4.90 Å². The fraction of sp³-hybridized carbons (Fsp3) is 1.00. The van der Waals surface area contributed by atoms with Crippen LogP contribution in [-0.4, -0.2) is 44.2 Å². The smallest absolute Gasteiger partial charge is 0.0900 e. The molecule has 2 aliphatic rings. The van der Waals surface area contributed by atoms with E-state index in [1.165, 1.54) is 77.8 Å². The van der Waals surface area contributed by atoms with Gasteiger partial charge in [-0.25, -0.2) is 0 Å². The highest BCUT2D eigenvalue weighted by Gasteiger charge is 2.16. The van der Waals surface area contributed by atoms with Crippen LogP contribution in [-0.2, 0) is 0 Å². The van der Waals surface area contributed by atoms with Gasteiger partial charge >= 0.3 is 0 Å². The van der Waals surface area contributed by atoms with E-state index in [1.54, 1.807) is 0 Å². The summed E-state index contributed by atoms with van der Waals surface area (Å²) in [5, 5.41) is 0. The largest absolute Gasteiger partial charge is 0.334 e. The molecule has 0 saturated carbocycles. The van der Waals surface area contributed by atoms with Crippen LogP contribution in [0.25, 0.3) is 0 Å². The molecule has 0 radical (unpaired) electrons. The highest BCUT2D eigenvalue weighted by atomic mass is 15.2. The Kier molecular flexibility index (Phi) is 4.26. The first-order chi connectivity index (χ1) is 6.95. The normalized spacial score (nSPS) is 26.6. The van der Waals surface area contributed by atoms with Gasteiger partial charge in [-0.15, -0.1) is 0 Å². The molecule has 14 heavy (non-hydrogen) atoms. The van der Waals surface area contributed by atoms with Crippen LogP contribution in [0.2, 0.25) is 0 Å². The molecule has 82 valence electrons. The molecule has 0 spiro atoms. The van der Waals surface area contributed by atoms with Gasteiger partial charge in [-0.1, -0.05) is 6.42 Å². The summed E-state index contributed by atoms with van der Waals surface area (Å²) >= 11 is 0. The zero-order valence-electron chi connectivity index (χ0n) is 9.43. The Morgan fingerprint density at radius 1 is 0.786 bits per heavy atom. The van der Waals surface area contributed by atoms with E-state index in [0.29, 0.717) is 0 Å². The van der Waals surface area contributed by atoms with E-state index in [9.17, 15) is 0 Å². The number of piperidine rings is 2. The summed E-state index contributed by atoms with van der Waals surface area (Å²) < 4.78 is 0. The molecule has 2 fully saturated rings. The van der Waals surface area contributed by atoms with Gasteiger partial charge < -0.3 is 4.90 Å². The van der Waals surface area contributed by atoms with Crippen LogP contribution in [0.4, 0.5) is 0 Å². The van der Waals surface area contributed by atoms with Crippen LogP contribution in [0, 0.1) is 0 Å². The third-order valence-electron chi connectivity index (χ3n) is 3.79. The number of likely N-dealkylation sites (tertiary alicyclic amines) is 2. The molecular formula is C12H25N2+. The summed E-state index contributed by atoms with van der Waals surface area (Å²) in [6.45, 7) is 8.37. The van der Waals surface area contributed by atoms with Crippen molar-refractivity contribution in [2.24, 2.45) is 0 Å². The lowest BCUT2D eigenvalue weighted by Crippen LogP contribution is -3.13. The summed E-state index contributed by atoms with van der Waals surface area (Å²) in [5.41, 5.74) is 0. The maximum Gasteiger partial charge on any atom is 0.0900 e. The zero-order valence-corrected chi connectivity index (χ0v) is 9.43. The van der Waals surface area contributed by atoms with E-state index in [0.717, 1.165) is 0 Å². The van der Waals surface area contributed by atoms with E-state index >= 15 is 0 Å². The number of quaternary nitrogens is 1. The SMILES string of the molecule is C1CCN(CC[NH+]2CCCCC2)CC1. The lowest BCUT2D eigenvalue weighted by Gasteiger charge is -2.29. The highest BCUT2D eigenvalue weighted by Crippen LogP contribution is 2.07. The Hall–Kier alpha value is -0.0800. The molecule has 2 saturated heterocycles. The van der Waals surface area contributed by atoms with Crippen LogP contribution in [0.3, 0.4) is 0 Å². The average molecular weight is 197 g/mol. The standard InChI is InChI=1S/C12H24N2/c1-3-7-13(8-4-1)11-12-14-9-5-2-6-10-14/h1-12H2/p+1. The fourth-order valence-electron chi connectivity index (χ4n) is 2.80. The minimum Gasteiger partial charge on any atom is -0.334 e. The predicted molar refractivity (Wildman–Crippen MR) is 59.7 cm³/mol. The summed E-state index contributed by atoms with van der Waals surface area (Å²) in [7, 11) is 0. The molecule has 0 aromatic rings. The van der Waals surface area contributed by atoms with Crippen molar-refractivity contribution in [3.63, 3.8) is 0 Å². The molecule has 2 rings (SSSR count). The highest BCUT2D eigenvalue weighted by molar-refractivity contribution is 4.63. The second-order valence-corrected chi connectivity index (χ2v) is 4.96. The third-order valence-corrected chi connectivity index (χ3v) is 3.79. The Labute approximate surface area is 88.3 Å². The van der Waals surface area contributed by atoms with Gasteiger partial charge in [0.25, 0.3) is 0 Å². The molecule has 0 aromatic heterocycles. The van der Waals surface area contributed by atoms with Gasteiger partial charge in [0.15, 0.2) is 0 Å². The third kappa shape index (κ3) is 3.25. The molecule has 0 amide bonds. The van der Waals surface area contributed by atoms with Gasteiger partial charge in [-0.3, -0.25) is 4.90 Å².